The van der Waals surface area contributed by atoms with Gasteiger partial charge >= 0.3 is 0 Å². The summed E-state index contributed by atoms with van der Waals surface area (Å²) in [4.78, 5) is 12.7. The molecule has 0 aliphatic carbocycles. The monoisotopic (exact) mass is 301 g/mol. The zero-order valence-corrected chi connectivity index (χ0v) is 12.4. The van der Waals surface area contributed by atoms with Gasteiger partial charge in [-0.25, -0.2) is 0 Å². The summed E-state index contributed by atoms with van der Waals surface area (Å²) in [6.45, 7) is 0. The molecule has 3 aromatic rings. The Kier molecular flexibility index (Phi) is 3.12. The molecule has 0 spiro atoms. The quantitative estimate of drug-likeness (QED) is 0.783. The van der Waals surface area contributed by atoms with Gasteiger partial charge in [0.15, 0.2) is 0 Å². The topological polar surface area (TPSA) is 38.3 Å². The lowest BCUT2D eigenvalue weighted by molar-refractivity contribution is 0.0427. The van der Waals surface area contributed by atoms with Gasteiger partial charge in [-0.1, -0.05) is 72.8 Å². The van der Waals surface area contributed by atoms with Gasteiger partial charge in [0.25, 0.3) is 5.91 Å². The molecule has 3 heteroatoms. The Morgan fingerprint density at radius 1 is 0.696 bits per heavy atom. The highest BCUT2D eigenvalue weighted by Gasteiger charge is 2.42. The summed E-state index contributed by atoms with van der Waals surface area (Å²) in [7, 11) is 0. The first kappa shape index (κ1) is 13.6. The van der Waals surface area contributed by atoms with Crippen molar-refractivity contribution in [3.05, 3.63) is 102 Å². The number of fused-ring (bicyclic) bond motifs is 1. The Balaban J connectivity index is 1.94. The maximum atomic E-state index is 12.7. The van der Waals surface area contributed by atoms with E-state index in [0.717, 1.165) is 11.1 Å². The molecule has 1 N–H and O–H groups in total. The van der Waals surface area contributed by atoms with Crippen molar-refractivity contribution in [2.24, 2.45) is 0 Å². The van der Waals surface area contributed by atoms with Gasteiger partial charge in [0.1, 0.15) is 5.75 Å². The number of amides is 1. The second-order valence-corrected chi connectivity index (χ2v) is 5.47. The maximum Gasteiger partial charge on any atom is 0.258 e. The maximum absolute atomic E-state index is 12.7. The first-order valence-electron chi connectivity index (χ1n) is 7.51. The fourth-order valence-electron chi connectivity index (χ4n) is 2.94. The lowest BCUT2D eigenvalue weighted by Crippen LogP contribution is -2.54. The standard InChI is InChI=1S/C20H15NO2/c22-19-17-13-7-8-14-18(17)23-20(21-19,15-9-3-1-4-10-15)16-11-5-2-6-12-16/h1-14H,(H,21,22). The Morgan fingerprint density at radius 3 is 1.83 bits per heavy atom. The van der Waals surface area contributed by atoms with E-state index in [0.29, 0.717) is 11.3 Å². The second kappa shape index (κ2) is 5.29. The molecule has 0 unspecified atom stereocenters. The number of nitrogens with one attached hydrogen (secondary N) is 1. The molecule has 0 radical (unpaired) electrons. The van der Waals surface area contributed by atoms with Crippen LogP contribution in [-0.2, 0) is 5.72 Å². The van der Waals surface area contributed by atoms with Crippen LogP contribution in [-0.4, -0.2) is 5.91 Å². The number of rotatable bonds is 2. The number of para-hydroxylation sites is 1. The van der Waals surface area contributed by atoms with Crippen molar-refractivity contribution >= 4 is 5.91 Å². The van der Waals surface area contributed by atoms with Gasteiger partial charge in [-0.05, 0) is 12.1 Å². The average molecular weight is 301 g/mol. The van der Waals surface area contributed by atoms with Crippen molar-refractivity contribution in [3.8, 4) is 5.75 Å². The van der Waals surface area contributed by atoms with Crippen LogP contribution >= 0.6 is 0 Å². The normalized spacial score (nSPS) is 15.2. The molecule has 3 aromatic carbocycles. The summed E-state index contributed by atoms with van der Waals surface area (Å²) in [6.07, 6.45) is 0. The van der Waals surface area contributed by atoms with Gasteiger partial charge in [0, 0.05) is 11.1 Å². The Hall–Kier alpha value is -3.07. The molecule has 1 amide bonds. The van der Waals surface area contributed by atoms with E-state index < -0.39 is 5.72 Å². The molecule has 0 saturated heterocycles. The molecule has 4 rings (SSSR count). The van der Waals surface area contributed by atoms with Crippen molar-refractivity contribution in [2.45, 2.75) is 5.72 Å². The predicted molar refractivity (Wildman–Crippen MR) is 88.2 cm³/mol. The molecule has 1 aliphatic rings. The van der Waals surface area contributed by atoms with Crippen molar-refractivity contribution in [1.29, 1.82) is 0 Å². The van der Waals surface area contributed by atoms with Gasteiger partial charge in [0.2, 0.25) is 5.72 Å². The van der Waals surface area contributed by atoms with Crippen LogP contribution in [0.25, 0.3) is 0 Å². The molecular weight excluding hydrogens is 286 g/mol. The summed E-state index contributed by atoms with van der Waals surface area (Å²) in [6, 6.07) is 26.8. The molecule has 0 fully saturated rings. The lowest BCUT2D eigenvalue weighted by Gasteiger charge is -2.39. The molecule has 23 heavy (non-hydrogen) atoms. The van der Waals surface area contributed by atoms with Crippen molar-refractivity contribution in [3.63, 3.8) is 0 Å². The lowest BCUT2D eigenvalue weighted by atomic mass is 9.92. The molecule has 0 bridgehead atoms. The SMILES string of the molecule is O=C1NC(c2ccccc2)(c2ccccc2)Oc2ccccc21. The van der Waals surface area contributed by atoms with Gasteiger partial charge in [-0.2, -0.15) is 0 Å². The largest absolute Gasteiger partial charge is 0.459 e. The van der Waals surface area contributed by atoms with Crippen molar-refractivity contribution in [1.82, 2.24) is 5.32 Å². The Labute approximate surface area is 134 Å². The van der Waals surface area contributed by atoms with Gasteiger partial charge < -0.3 is 10.1 Å². The first-order chi connectivity index (χ1) is 11.3. The van der Waals surface area contributed by atoms with E-state index in [-0.39, 0.29) is 5.91 Å². The third kappa shape index (κ3) is 2.18. The summed E-state index contributed by atoms with van der Waals surface area (Å²) >= 11 is 0. The van der Waals surface area contributed by atoms with E-state index in [2.05, 4.69) is 5.32 Å². The van der Waals surface area contributed by atoms with Crippen LogP contribution in [0.15, 0.2) is 84.9 Å². The highest BCUT2D eigenvalue weighted by atomic mass is 16.5. The van der Waals surface area contributed by atoms with Gasteiger partial charge in [-0.3, -0.25) is 4.79 Å². The number of hydrogen-bond donors (Lipinski definition) is 1. The highest BCUT2D eigenvalue weighted by Crippen LogP contribution is 2.37. The van der Waals surface area contributed by atoms with Crippen molar-refractivity contribution in [2.75, 3.05) is 0 Å². The summed E-state index contributed by atoms with van der Waals surface area (Å²) < 4.78 is 6.33. The minimum absolute atomic E-state index is 0.139. The van der Waals surface area contributed by atoms with Crippen LogP contribution in [0.5, 0.6) is 5.75 Å². The Morgan fingerprint density at radius 2 is 1.22 bits per heavy atom. The number of hydrogen-bond acceptors (Lipinski definition) is 2. The predicted octanol–water partition coefficient (Wildman–Crippen LogP) is 3.71. The average Bonchev–Trinajstić information content (AvgIpc) is 2.63. The summed E-state index contributed by atoms with van der Waals surface area (Å²) in [5, 5.41) is 3.06. The van der Waals surface area contributed by atoms with E-state index in [1.54, 1.807) is 6.07 Å². The minimum Gasteiger partial charge on any atom is -0.459 e. The van der Waals surface area contributed by atoms with Gasteiger partial charge in [0.05, 0.1) is 5.56 Å². The van der Waals surface area contributed by atoms with Crippen LogP contribution < -0.4 is 10.1 Å². The van der Waals surface area contributed by atoms with Crippen LogP contribution in [0.3, 0.4) is 0 Å². The molecule has 1 heterocycles. The van der Waals surface area contributed by atoms with E-state index >= 15 is 0 Å². The summed E-state index contributed by atoms with van der Waals surface area (Å²) in [5.41, 5.74) is 1.30. The zero-order chi connectivity index (χ0) is 15.7. The van der Waals surface area contributed by atoms with E-state index in [9.17, 15) is 4.79 Å². The number of ether oxygens (including phenoxy) is 1. The third-order valence-electron chi connectivity index (χ3n) is 4.04. The number of carbonyl (C=O) groups excluding carboxylic acids is 1. The molecule has 1 aliphatic heterocycles. The molecule has 112 valence electrons. The number of carbonyl (C=O) groups is 1. The van der Waals surface area contributed by atoms with E-state index in [4.69, 9.17) is 4.74 Å². The van der Waals surface area contributed by atoms with Crippen LogP contribution in [0.4, 0.5) is 0 Å². The number of benzene rings is 3. The molecule has 0 atom stereocenters. The van der Waals surface area contributed by atoms with Crippen LogP contribution in [0.1, 0.15) is 21.5 Å². The molecule has 0 saturated carbocycles. The van der Waals surface area contributed by atoms with E-state index in [1.807, 2.05) is 78.9 Å². The highest BCUT2D eigenvalue weighted by molar-refractivity contribution is 5.98. The van der Waals surface area contributed by atoms with E-state index in [1.165, 1.54) is 0 Å². The second-order valence-electron chi connectivity index (χ2n) is 5.47. The minimum atomic E-state index is -1.02. The smallest absolute Gasteiger partial charge is 0.258 e. The van der Waals surface area contributed by atoms with Crippen LogP contribution in [0.2, 0.25) is 0 Å². The zero-order valence-electron chi connectivity index (χ0n) is 12.4. The van der Waals surface area contributed by atoms with Gasteiger partial charge in [-0.15, -0.1) is 0 Å². The van der Waals surface area contributed by atoms with Crippen LogP contribution in [0, 0.1) is 0 Å². The fraction of sp³-hybridized carbons (Fsp3) is 0.0500. The third-order valence-corrected chi connectivity index (χ3v) is 4.04. The first-order valence-corrected chi connectivity index (χ1v) is 7.51. The molecular formula is C20H15NO2. The Bertz CT molecular complexity index is 804. The molecule has 3 nitrogen and oxygen atoms in total. The van der Waals surface area contributed by atoms with Crippen molar-refractivity contribution < 1.29 is 9.53 Å². The summed E-state index contributed by atoms with van der Waals surface area (Å²) in [5.74, 6) is 0.448. The fourth-order valence-corrected chi connectivity index (χ4v) is 2.94. The molecule has 0 aromatic heterocycles.